The van der Waals surface area contributed by atoms with Crippen LogP contribution in [-0.2, 0) is 28.6 Å². The quantitative estimate of drug-likeness (QED) is 0.0262. The van der Waals surface area contributed by atoms with Crippen molar-refractivity contribution in [1.82, 2.24) is 0 Å². The van der Waals surface area contributed by atoms with E-state index in [2.05, 4.69) is 57.2 Å². The number of esters is 3. The summed E-state index contributed by atoms with van der Waals surface area (Å²) in [6.45, 7) is 6.63. The van der Waals surface area contributed by atoms with E-state index >= 15 is 0 Å². The van der Waals surface area contributed by atoms with Crippen molar-refractivity contribution in [2.45, 2.75) is 309 Å². The Morgan fingerprint density at radius 3 is 0.892 bits per heavy atom. The second-order valence-corrected chi connectivity index (χ2v) is 19.2. The Labute approximate surface area is 404 Å². The zero-order valence-electron chi connectivity index (χ0n) is 43.5. The van der Waals surface area contributed by atoms with Crippen LogP contribution in [0.3, 0.4) is 0 Å². The van der Waals surface area contributed by atoms with E-state index in [0.29, 0.717) is 19.3 Å². The fraction of sp³-hybridized carbons (Fsp3) is 0.847. The number of carbonyl (C=O) groups excluding carboxylic acids is 3. The third-order valence-corrected chi connectivity index (χ3v) is 12.6. The summed E-state index contributed by atoms with van der Waals surface area (Å²) in [4.78, 5) is 38.1. The molecule has 1 atom stereocenters. The highest BCUT2D eigenvalue weighted by Crippen LogP contribution is 2.16. The van der Waals surface area contributed by atoms with Gasteiger partial charge >= 0.3 is 17.9 Å². The monoisotopic (exact) mass is 913 g/mol. The highest BCUT2D eigenvalue weighted by molar-refractivity contribution is 5.71. The molecule has 0 spiro atoms. The molecule has 0 heterocycles. The summed E-state index contributed by atoms with van der Waals surface area (Å²) in [6.07, 6.45) is 64.1. The van der Waals surface area contributed by atoms with Crippen LogP contribution in [0.25, 0.3) is 0 Å². The van der Waals surface area contributed by atoms with Crippen molar-refractivity contribution >= 4 is 17.9 Å². The molecule has 380 valence electrons. The lowest BCUT2D eigenvalue weighted by Gasteiger charge is -2.18. The minimum Gasteiger partial charge on any atom is -0.462 e. The summed E-state index contributed by atoms with van der Waals surface area (Å²) in [6, 6.07) is 0. The molecule has 0 fully saturated rings. The summed E-state index contributed by atoms with van der Waals surface area (Å²) in [7, 11) is 0. The van der Waals surface area contributed by atoms with Crippen LogP contribution in [-0.4, -0.2) is 37.2 Å². The predicted molar refractivity (Wildman–Crippen MR) is 279 cm³/mol. The van der Waals surface area contributed by atoms with E-state index in [9.17, 15) is 14.4 Å². The van der Waals surface area contributed by atoms with Crippen molar-refractivity contribution in [3.63, 3.8) is 0 Å². The minimum atomic E-state index is -0.777. The number of hydrogen-bond acceptors (Lipinski definition) is 6. The number of hydrogen-bond donors (Lipinski definition) is 0. The van der Waals surface area contributed by atoms with Crippen molar-refractivity contribution in [3.05, 3.63) is 36.5 Å². The first-order valence-electron chi connectivity index (χ1n) is 28.5. The average molecular weight is 914 g/mol. The van der Waals surface area contributed by atoms with Crippen molar-refractivity contribution in [3.8, 4) is 0 Å². The highest BCUT2D eigenvalue weighted by Gasteiger charge is 2.19. The molecule has 0 aliphatic rings. The number of allylic oxidation sites excluding steroid dienone is 6. The number of rotatable bonds is 52. The van der Waals surface area contributed by atoms with E-state index in [0.717, 1.165) is 77.0 Å². The van der Waals surface area contributed by atoms with E-state index in [1.54, 1.807) is 0 Å². The fourth-order valence-corrected chi connectivity index (χ4v) is 8.29. The Morgan fingerprint density at radius 2 is 0.554 bits per heavy atom. The number of carbonyl (C=O) groups is 3. The van der Waals surface area contributed by atoms with Crippen molar-refractivity contribution in [2.24, 2.45) is 0 Å². The third-order valence-electron chi connectivity index (χ3n) is 12.6. The molecule has 0 aromatic heterocycles. The second-order valence-electron chi connectivity index (χ2n) is 19.2. The minimum absolute atomic E-state index is 0.0749. The molecule has 0 saturated carbocycles. The van der Waals surface area contributed by atoms with Crippen LogP contribution in [0.4, 0.5) is 0 Å². The zero-order chi connectivity index (χ0) is 47.2. The van der Waals surface area contributed by atoms with E-state index in [4.69, 9.17) is 14.2 Å². The molecule has 0 amide bonds. The first kappa shape index (κ1) is 62.6. The van der Waals surface area contributed by atoms with Gasteiger partial charge < -0.3 is 14.2 Å². The summed E-state index contributed by atoms with van der Waals surface area (Å²) in [5.74, 6) is -0.877. The van der Waals surface area contributed by atoms with Gasteiger partial charge in [-0.05, 0) is 77.0 Å². The molecular weight excluding hydrogens is 805 g/mol. The molecule has 0 radical (unpaired) electrons. The maximum atomic E-state index is 12.8. The van der Waals surface area contributed by atoms with Gasteiger partial charge in [-0.2, -0.15) is 0 Å². The number of ether oxygens (including phenoxy) is 3. The van der Waals surface area contributed by atoms with Gasteiger partial charge in [-0.15, -0.1) is 0 Å². The first-order valence-corrected chi connectivity index (χ1v) is 28.5. The fourth-order valence-electron chi connectivity index (χ4n) is 8.29. The van der Waals surface area contributed by atoms with Crippen LogP contribution >= 0.6 is 0 Å². The van der Waals surface area contributed by atoms with Crippen molar-refractivity contribution in [1.29, 1.82) is 0 Å². The lowest BCUT2D eigenvalue weighted by Crippen LogP contribution is -2.30. The average Bonchev–Trinajstić information content (AvgIpc) is 3.30. The molecule has 6 nitrogen and oxygen atoms in total. The molecule has 0 aromatic carbocycles. The van der Waals surface area contributed by atoms with E-state index in [-0.39, 0.29) is 31.1 Å². The zero-order valence-corrected chi connectivity index (χ0v) is 43.5. The van der Waals surface area contributed by atoms with Crippen LogP contribution in [0.5, 0.6) is 0 Å². The Bertz CT molecular complexity index is 1090. The lowest BCUT2D eigenvalue weighted by atomic mass is 10.0. The van der Waals surface area contributed by atoms with Gasteiger partial charge in [0.2, 0.25) is 0 Å². The SMILES string of the molecule is CCCCC/C=C\C/C=C\CCCCCCCC(=O)OC[C@H](COC(=O)CCCCCCCCCCCCCCCCC)OC(=O)CCCCCCCCC/C=C\CCCCCCCC. The Hall–Kier alpha value is -2.37. The number of unbranched alkanes of at least 4 members (excludes halogenated alkanes) is 35. The maximum absolute atomic E-state index is 12.8. The predicted octanol–water partition coefficient (Wildman–Crippen LogP) is 18.9. The van der Waals surface area contributed by atoms with E-state index in [1.807, 2.05) is 0 Å². The maximum Gasteiger partial charge on any atom is 0.306 e. The molecule has 0 aliphatic heterocycles. The van der Waals surface area contributed by atoms with Crippen molar-refractivity contribution in [2.75, 3.05) is 13.2 Å². The van der Waals surface area contributed by atoms with Crippen molar-refractivity contribution < 1.29 is 28.6 Å². The molecule has 0 N–H and O–H groups in total. The standard InChI is InChI=1S/C59H108O6/c1-4-7-10-13-16-19-22-25-28-29-32-35-38-41-44-47-50-53-59(62)65-56(54-63-57(60)51-48-45-42-39-36-33-30-26-23-20-17-14-11-8-5-2)55-64-58(61)52-49-46-43-40-37-34-31-27-24-21-18-15-12-9-6-3/h17,20,25-26,28,30,56H,4-16,18-19,21-24,27,29,31-55H2,1-3H3/b20-17-,28-25-,30-26-/t56-/m1/s1. The lowest BCUT2D eigenvalue weighted by molar-refractivity contribution is -0.167. The van der Waals surface area contributed by atoms with Crippen LogP contribution < -0.4 is 0 Å². The topological polar surface area (TPSA) is 78.9 Å². The van der Waals surface area contributed by atoms with E-state index < -0.39 is 6.10 Å². The van der Waals surface area contributed by atoms with Gasteiger partial charge in [0.25, 0.3) is 0 Å². The molecule has 0 unspecified atom stereocenters. The van der Waals surface area contributed by atoms with Gasteiger partial charge in [0.15, 0.2) is 6.10 Å². The first-order chi connectivity index (χ1) is 32.0. The Kier molecular flexibility index (Phi) is 52.3. The molecule has 0 rings (SSSR count). The van der Waals surface area contributed by atoms with Gasteiger partial charge in [0.05, 0.1) is 0 Å². The van der Waals surface area contributed by atoms with Gasteiger partial charge in [-0.1, -0.05) is 243 Å². The molecule has 0 aromatic rings. The normalized spacial score (nSPS) is 12.2. The smallest absolute Gasteiger partial charge is 0.306 e. The summed E-state index contributed by atoms with van der Waals surface area (Å²) in [5, 5.41) is 0. The molecule has 0 aliphatic carbocycles. The Balaban J connectivity index is 4.37. The van der Waals surface area contributed by atoms with Crippen LogP contribution in [0.2, 0.25) is 0 Å². The summed E-state index contributed by atoms with van der Waals surface area (Å²) >= 11 is 0. The molecule has 6 heteroatoms. The van der Waals surface area contributed by atoms with Gasteiger partial charge in [0.1, 0.15) is 13.2 Å². The summed E-state index contributed by atoms with van der Waals surface area (Å²) < 4.78 is 16.9. The molecule has 0 bridgehead atoms. The molecular formula is C59H108O6. The molecule has 0 saturated heterocycles. The summed E-state index contributed by atoms with van der Waals surface area (Å²) in [5.41, 5.74) is 0. The van der Waals surface area contributed by atoms with Gasteiger partial charge in [-0.3, -0.25) is 14.4 Å². The highest BCUT2D eigenvalue weighted by atomic mass is 16.6. The van der Waals surface area contributed by atoms with Gasteiger partial charge in [0, 0.05) is 19.3 Å². The molecule has 65 heavy (non-hydrogen) atoms. The van der Waals surface area contributed by atoms with Crippen LogP contribution in [0, 0.1) is 0 Å². The van der Waals surface area contributed by atoms with Gasteiger partial charge in [-0.25, -0.2) is 0 Å². The Morgan fingerprint density at radius 1 is 0.308 bits per heavy atom. The van der Waals surface area contributed by atoms with Crippen LogP contribution in [0.1, 0.15) is 303 Å². The largest absolute Gasteiger partial charge is 0.462 e. The van der Waals surface area contributed by atoms with Crippen LogP contribution in [0.15, 0.2) is 36.5 Å². The van der Waals surface area contributed by atoms with E-state index in [1.165, 1.54) is 186 Å². The second kappa shape index (κ2) is 54.2. The third kappa shape index (κ3) is 52.5.